The summed E-state index contributed by atoms with van der Waals surface area (Å²) in [6.45, 7) is 0. The molecule has 10 aromatic carbocycles. The number of rotatable bonds is 9. The van der Waals surface area contributed by atoms with Crippen molar-refractivity contribution in [3.05, 3.63) is 265 Å². The highest BCUT2D eigenvalue weighted by Crippen LogP contribution is 2.55. The van der Waals surface area contributed by atoms with Crippen molar-refractivity contribution in [3.8, 4) is 55.9 Å². The van der Waals surface area contributed by atoms with Crippen molar-refractivity contribution in [2.75, 3.05) is 0 Å². The fourth-order valence-electron chi connectivity index (χ4n) is 11.5. The van der Waals surface area contributed by atoms with Crippen LogP contribution < -0.4 is 0 Å². The summed E-state index contributed by atoms with van der Waals surface area (Å²) in [6, 6.07) is 89.7. The first-order valence-corrected chi connectivity index (χ1v) is 27.1. The summed E-state index contributed by atoms with van der Waals surface area (Å²) in [7, 11) is 0. The van der Waals surface area contributed by atoms with Crippen LogP contribution in [-0.2, 0) is 0 Å². The normalized spacial score (nSPS) is 16.8. The van der Waals surface area contributed by atoms with E-state index in [1.165, 1.54) is 123 Å². The molecule has 72 heavy (non-hydrogen) atoms. The van der Waals surface area contributed by atoms with E-state index in [1.54, 1.807) is 4.91 Å². The van der Waals surface area contributed by atoms with Crippen LogP contribution in [0.3, 0.4) is 0 Å². The van der Waals surface area contributed by atoms with Crippen molar-refractivity contribution in [2.45, 2.75) is 35.0 Å². The summed E-state index contributed by atoms with van der Waals surface area (Å²) in [5.41, 5.74) is 20.0. The average molecular weight is 959 g/mol. The number of thioether (sulfide) groups is 2. The Labute approximate surface area is 429 Å². The molecule has 1 fully saturated rings. The molecule has 0 spiro atoms. The van der Waals surface area contributed by atoms with Crippen molar-refractivity contribution in [1.29, 1.82) is 0 Å². The van der Waals surface area contributed by atoms with Gasteiger partial charge in [0, 0.05) is 48.7 Å². The van der Waals surface area contributed by atoms with Crippen LogP contribution in [0.15, 0.2) is 254 Å². The quantitative estimate of drug-likeness (QED) is 0.143. The fourth-order valence-corrected chi connectivity index (χ4v) is 14.6. The number of fused-ring (bicyclic) bond motifs is 6. The van der Waals surface area contributed by atoms with Crippen LogP contribution in [0.1, 0.15) is 40.9 Å². The molecule has 2 aromatic heterocycles. The monoisotopic (exact) mass is 958 g/mol. The third kappa shape index (κ3) is 7.69. The van der Waals surface area contributed by atoms with E-state index >= 15 is 0 Å². The zero-order valence-corrected chi connectivity index (χ0v) is 41.4. The van der Waals surface area contributed by atoms with E-state index in [1.807, 2.05) is 0 Å². The van der Waals surface area contributed by atoms with E-state index in [2.05, 4.69) is 281 Å². The Bertz CT molecular complexity index is 4010. The number of benzene rings is 10. The molecule has 0 bridgehead atoms. The molecule has 2 aliphatic heterocycles. The Morgan fingerprint density at radius 3 is 1.24 bits per heavy atom. The average Bonchev–Trinajstić information content (AvgIpc) is 4.28. The van der Waals surface area contributed by atoms with Crippen molar-refractivity contribution < 1.29 is 0 Å². The van der Waals surface area contributed by atoms with Gasteiger partial charge in [-0.2, -0.15) is 0 Å². The number of hydrogen-bond donors (Lipinski definition) is 0. The predicted molar refractivity (Wildman–Crippen MR) is 310 cm³/mol. The van der Waals surface area contributed by atoms with Crippen LogP contribution >= 0.6 is 23.5 Å². The zero-order valence-electron chi connectivity index (χ0n) is 39.7. The molecular weight excluding hydrogens is 909 g/mol. The van der Waals surface area contributed by atoms with Crippen LogP contribution in [0.4, 0.5) is 0 Å². The topological polar surface area (TPSA) is 9.86 Å². The molecule has 0 saturated carbocycles. The molecule has 1 saturated heterocycles. The van der Waals surface area contributed by atoms with Crippen LogP contribution in [0.5, 0.6) is 0 Å². The van der Waals surface area contributed by atoms with E-state index < -0.39 is 0 Å². The Kier molecular flexibility index (Phi) is 10.8. The molecule has 3 unspecified atom stereocenters. The van der Waals surface area contributed by atoms with Crippen LogP contribution in [0.25, 0.3) is 99.5 Å². The van der Waals surface area contributed by atoms with E-state index in [0.29, 0.717) is 15.7 Å². The molecule has 0 radical (unpaired) electrons. The SMILES string of the molecule is C1=C(C2CCC(c3ccc(-c4ccc5c(c4)c4ccccc4n5-c4cccc(-c5ccccc5)c4)cc3)S2)SC(c2ccc(-c3ccc4c(c3)c3ccccc3n4-c3cccc(-c4ccccc4)c3)cc2)C1. The predicted octanol–water partition coefficient (Wildman–Crippen LogP) is 19.2. The van der Waals surface area contributed by atoms with Gasteiger partial charge in [-0.05, 0) is 140 Å². The van der Waals surface area contributed by atoms with Crippen LogP contribution in [0.2, 0.25) is 0 Å². The Hall–Kier alpha value is -7.76. The summed E-state index contributed by atoms with van der Waals surface area (Å²) < 4.78 is 4.84. The lowest BCUT2D eigenvalue weighted by molar-refractivity contribution is 0.792. The highest BCUT2D eigenvalue weighted by molar-refractivity contribution is 8.06. The summed E-state index contributed by atoms with van der Waals surface area (Å²) in [6.07, 6.45) is 6.08. The minimum atomic E-state index is 0.464. The molecule has 4 heteroatoms. The van der Waals surface area contributed by atoms with Gasteiger partial charge < -0.3 is 9.13 Å². The summed E-state index contributed by atoms with van der Waals surface area (Å²) >= 11 is 4.27. The van der Waals surface area contributed by atoms with Gasteiger partial charge in [-0.15, -0.1) is 23.5 Å². The molecule has 2 nitrogen and oxygen atoms in total. The van der Waals surface area contributed by atoms with Gasteiger partial charge in [-0.25, -0.2) is 0 Å². The molecule has 3 atom stereocenters. The summed E-state index contributed by atoms with van der Waals surface area (Å²) in [4.78, 5) is 1.57. The van der Waals surface area contributed by atoms with Crippen molar-refractivity contribution in [3.63, 3.8) is 0 Å². The molecule has 12 aromatic rings. The second kappa shape index (κ2) is 18.1. The maximum atomic E-state index is 2.54. The molecule has 2 aliphatic rings. The number of nitrogens with zero attached hydrogens (tertiary/aromatic N) is 2. The van der Waals surface area contributed by atoms with Gasteiger partial charge in [-0.1, -0.05) is 188 Å². The van der Waals surface area contributed by atoms with E-state index in [9.17, 15) is 0 Å². The first-order valence-electron chi connectivity index (χ1n) is 25.3. The van der Waals surface area contributed by atoms with Gasteiger partial charge in [0.2, 0.25) is 0 Å². The number of hydrogen-bond acceptors (Lipinski definition) is 2. The van der Waals surface area contributed by atoms with Crippen molar-refractivity contribution >= 4 is 67.1 Å². The molecular formula is C68H50N2S2. The van der Waals surface area contributed by atoms with Crippen LogP contribution in [-0.4, -0.2) is 14.4 Å². The molecule has 14 rings (SSSR count). The molecule has 4 heterocycles. The minimum absolute atomic E-state index is 0.464. The first-order chi connectivity index (χ1) is 35.7. The van der Waals surface area contributed by atoms with Gasteiger partial charge in [0.25, 0.3) is 0 Å². The second-order valence-corrected chi connectivity index (χ2v) is 22.1. The Morgan fingerprint density at radius 2 is 0.708 bits per heavy atom. The second-order valence-electron chi connectivity index (χ2n) is 19.4. The van der Waals surface area contributed by atoms with E-state index in [-0.39, 0.29) is 0 Å². The zero-order chi connectivity index (χ0) is 47.5. The van der Waals surface area contributed by atoms with Gasteiger partial charge in [0.05, 0.1) is 22.1 Å². The maximum Gasteiger partial charge on any atom is 0.0541 e. The maximum absolute atomic E-state index is 2.54. The summed E-state index contributed by atoms with van der Waals surface area (Å²) in [5.74, 6) is 0. The lowest BCUT2D eigenvalue weighted by Crippen LogP contribution is -1.97. The highest BCUT2D eigenvalue weighted by Gasteiger charge is 2.33. The fraction of sp³-hybridized carbons (Fsp3) is 0.0882. The van der Waals surface area contributed by atoms with Crippen molar-refractivity contribution in [1.82, 2.24) is 9.13 Å². The molecule has 0 aliphatic carbocycles. The van der Waals surface area contributed by atoms with Gasteiger partial charge in [0.15, 0.2) is 0 Å². The smallest absolute Gasteiger partial charge is 0.0541 e. The third-order valence-electron chi connectivity index (χ3n) is 15.1. The molecule has 0 N–H and O–H groups in total. The van der Waals surface area contributed by atoms with E-state index in [4.69, 9.17) is 0 Å². The third-order valence-corrected chi connectivity index (χ3v) is 18.4. The van der Waals surface area contributed by atoms with E-state index in [0.717, 1.165) is 6.42 Å². The van der Waals surface area contributed by atoms with Gasteiger partial charge >= 0.3 is 0 Å². The Balaban J connectivity index is 0.655. The highest BCUT2D eigenvalue weighted by atomic mass is 32.2. The standard InChI is InChI=1S/C68H50N2S2/c1-3-13-45(14-4-1)51-17-11-19-55(41-51)69-61-23-9-7-21-57(61)59-43-53(33-35-63(59)69)47-25-29-49(30-26-47)65-37-39-67(71-65)68-40-38-66(72-68)50-31-27-48(28-32-50)54-34-36-64-60(44-54)58-22-8-10-24-62(58)70(64)56-20-12-18-52(42-56)46-15-5-2-6-16-46/h1-36,39,41-44,65-66,68H,37-38,40H2. The van der Waals surface area contributed by atoms with Crippen LogP contribution in [0, 0.1) is 0 Å². The largest absolute Gasteiger partial charge is 0.309 e. The summed E-state index contributed by atoms with van der Waals surface area (Å²) in [5, 5.41) is 6.65. The lowest BCUT2D eigenvalue weighted by Gasteiger charge is -2.16. The lowest BCUT2D eigenvalue weighted by atomic mass is 9.99. The van der Waals surface area contributed by atoms with Gasteiger partial charge in [0.1, 0.15) is 0 Å². The first kappa shape index (κ1) is 43.1. The number of allylic oxidation sites excluding steroid dienone is 1. The molecule has 0 amide bonds. The molecule has 344 valence electrons. The Morgan fingerprint density at radius 1 is 0.306 bits per heavy atom. The minimum Gasteiger partial charge on any atom is -0.309 e. The van der Waals surface area contributed by atoms with Crippen molar-refractivity contribution in [2.24, 2.45) is 0 Å². The number of aromatic nitrogens is 2. The number of para-hydroxylation sites is 2. The van der Waals surface area contributed by atoms with Gasteiger partial charge in [-0.3, -0.25) is 0 Å².